The Morgan fingerprint density at radius 2 is 1.03 bits per heavy atom. The number of rotatable bonds is 24. The highest BCUT2D eigenvalue weighted by Crippen LogP contribution is 2.40. The molecule has 0 rings (SSSR count). The molecule has 6 heteroatoms. The molecule has 4 nitrogen and oxygen atoms in total. The first-order chi connectivity index (χ1) is 15.5. The lowest BCUT2D eigenvalue weighted by atomic mass is 9.91. The normalized spacial score (nSPS) is 13.8. The molecule has 33 heavy (non-hydrogen) atoms. The molecular weight excluding hydrogens is 450 g/mol. The predicted octanol–water partition coefficient (Wildman–Crippen LogP) is 3.67. The van der Waals surface area contributed by atoms with Crippen LogP contribution in [0.25, 0.3) is 0 Å². The van der Waals surface area contributed by atoms with Crippen molar-refractivity contribution >= 4 is 8.80 Å². The summed E-state index contributed by atoms with van der Waals surface area (Å²) in [4.78, 5) is 1.54. The van der Waals surface area contributed by atoms with Gasteiger partial charge in [-0.1, -0.05) is 84.5 Å². The quantitative estimate of drug-likeness (QED) is 0.159. The third kappa shape index (κ3) is 16.6. The van der Waals surface area contributed by atoms with Crippen LogP contribution in [0.5, 0.6) is 0 Å². The zero-order valence-corrected chi connectivity index (χ0v) is 25.2. The van der Waals surface area contributed by atoms with Crippen LogP contribution in [0.3, 0.4) is 0 Å². The smallest absolute Gasteiger partial charge is 0.504 e. The summed E-state index contributed by atoms with van der Waals surface area (Å²) < 4.78 is 19.1. The Balaban J connectivity index is 0. The van der Waals surface area contributed by atoms with Crippen LogP contribution < -0.4 is 17.3 Å². The topological polar surface area (TPSA) is 32.1 Å². The fourth-order valence-corrected chi connectivity index (χ4v) is 8.59. The summed E-state index contributed by atoms with van der Waals surface area (Å²) in [5, 5.41) is 0. The number of unbranched alkanes of at least 4 members (excludes halogenated alkanes) is 9. The maximum Gasteiger partial charge on any atom is 0.504 e. The lowest BCUT2D eigenvalue weighted by Crippen LogP contribution is -3.05. The van der Waals surface area contributed by atoms with Crippen LogP contribution in [0.2, 0.25) is 5.54 Å². The van der Waals surface area contributed by atoms with Gasteiger partial charge in [0.25, 0.3) is 0 Å². The van der Waals surface area contributed by atoms with Crippen LogP contribution in [0.4, 0.5) is 0 Å². The van der Waals surface area contributed by atoms with E-state index in [0.717, 1.165) is 6.42 Å². The second kappa shape index (κ2) is 24.1. The van der Waals surface area contributed by atoms with Gasteiger partial charge in [-0.3, -0.25) is 0 Å². The first kappa shape index (κ1) is 35.5. The van der Waals surface area contributed by atoms with E-state index in [2.05, 4.69) is 48.7 Å². The van der Waals surface area contributed by atoms with Crippen molar-refractivity contribution in [2.75, 3.05) is 40.5 Å². The molecule has 0 amide bonds. The molecule has 2 unspecified atom stereocenters. The van der Waals surface area contributed by atoms with Crippen LogP contribution in [-0.4, -0.2) is 49.3 Å². The lowest BCUT2D eigenvalue weighted by Gasteiger charge is -2.39. The van der Waals surface area contributed by atoms with Gasteiger partial charge in [-0.15, -0.1) is 0 Å². The molecule has 2 atom stereocenters. The molecule has 0 saturated heterocycles. The van der Waals surface area contributed by atoms with Gasteiger partial charge in [-0.05, 0) is 46.0 Å². The number of hydrogen-bond acceptors (Lipinski definition) is 3. The van der Waals surface area contributed by atoms with Gasteiger partial charge in [-0.2, -0.15) is 0 Å². The molecule has 0 aromatic rings. The van der Waals surface area contributed by atoms with E-state index in [1.807, 2.05) is 0 Å². The van der Waals surface area contributed by atoms with Crippen molar-refractivity contribution in [3.05, 3.63) is 0 Å². The minimum Gasteiger partial charge on any atom is -1.00 e. The Hall–Kier alpha value is 0.347. The van der Waals surface area contributed by atoms with E-state index in [-0.39, 0.29) is 12.4 Å². The maximum absolute atomic E-state index is 6.36. The van der Waals surface area contributed by atoms with Gasteiger partial charge in [-0.25, -0.2) is 0 Å². The Morgan fingerprint density at radius 3 is 1.42 bits per heavy atom. The van der Waals surface area contributed by atoms with Crippen LogP contribution in [0.1, 0.15) is 125 Å². The molecule has 1 N–H and O–H groups in total. The summed E-state index contributed by atoms with van der Waals surface area (Å²) in [5.41, 5.74) is 0.415. The molecule has 0 bridgehead atoms. The van der Waals surface area contributed by atoms with Crippen molar-refractivity contribution in [1.82, 2.24) is 0 Å². The fourth-order valence-electron chi connectivity index (χ4n) is 5.08. The van der Waals surface area contributed by atoms with Crippen molar-refractivity contribution in [1.29, 1.82) is 0 Å². The summed E-state index contributed by atoms with van der Waals surface area (Å²) in [6, 6.07) is 0. The summed E-state index contributed by atoms with van der Waals surface area (Å²) in [6.45, 7) is 14.1. The zero-order valence-electron chi connectivity index (χ0n) is 23.5. The van der Waals surface area contributed by atoms with E-state index < -0.39 is 8.80 Å². The van der Waals surface area contributed by atoms with Crippen LogP contribution in [0, 0.1) is 5.92 Å². The van der Waals surface area contributed by atoms with Gasteiger partial charge in [0.2, 0.25) is 0 Å². The van der Waals surface area contributed by atoms with Crippen LogP contribution in [-0.2, 0) is 13.3 Å². The van der Waals surface area contributed by atoms with Gasteiger partial charge < -0.3 is 30.6 Å². The van der Waals surface area contributed by atoms with Gasteiger partial charge in [0, 0.05) is 25.4 Å². The predicted molar refractivity (Wildman–Crippen MR) is 142 cm³/mol. The second-order valence-electron chi connectivity index (χ2n) is 9.75. The number of halogens is 1. The molecule has 0 aliphatic rings. The standard InChI is InChI=1S/C27H59NO3Si.ClH/c1-8-13-14-15-16-17-18-19-20-21-23-26(24-22-25-28(6)7)27(9-2)32(29-10-3,30-11-4)31-12-5;/h26-27H,8-25H2,1-7H3;1H. The summed E-state index contributed by atoms with van der Waals surface area (Å²) in [5.74, 6) is 0.643. The zero-order chi connectivity index (χ0) is 24.1. The molecular formula is C27H60ClNO3Si. The van der Waals surface area contributed by atoms with Gasteiger partial charge in [0.15, 0.2) is 0 Å². The van der Waals surface area contributed by atoms with Crippen LogP contribution >= 0.6 is 0 Å². The molecule has 0 saturated carbocycles. The van der Waals surface area contributed by atoms with E-state index in [1.165, 1.54) is 90.0 Å². The second-order valence-corrected chi connectivity index (χ2v) is 12.6. The molecule has 202 valence electrons. The van der Waals surface area contributed by atoms with Crippen molar-refractivity contribution in [3.63, 3.8) is 0 Å². The minimum atomic E-state index is -2.67. The van der Waals surface area contributed by atoms with E-state index in [9.17, 15) is 0 Å². The number of quaternary nitrogens is 1. The Labute approximate surface area is 215 Å². The summed E-state index contributed by atoms with van der Waals surface area (Å²) in [6.07, 6.45) is 18.9. The molecule has 0 aliphatic heterocycles. The first-order valence-electron chi connectivity index (χ1n) is 14.2. The molecule has 0 heterocycles. The summed E-state index contributed by atoms with van der Waals surface area (Å²) >= 11 is 0. The monoisotopic (exact) mass is 509 g/mol. The van der Waals surface area contributed by atoms with Gasteiger partial charge in [0.05, 0.1) is 20.6 Å². The van der Waals surface area contributed by atoms with Crippen molar-refractivity contribution < 1.29 is 30.6 Å². The number of hydrogen-bond donors (Lipinski definition) is 1. The van der Waals surface area contributed by atoms with Gasteiger partial charge in [0.1, 0.15) is 0 Å². The fraction of sp³-hybridized carbons (Fsp3) is 1.00. The Bertz CT molecular complexity index is 385. The molecule has 0 fully saturated rings. The highest BCUT2D eigenvalue weighted by atomic mass is 35.5. The molecule has 0 spiro atoms. The maximum atomic E-state index is 6.36. The van der Waals surface area contributed by atoms with Crippen molar-refractivity contribution in [2.24, 2.45) is 5.92 Å². The van der Waals surface area contributed by atoms with E-state index in [4.69, 9.17) is 13.3 Å². The van der Waals surface area contributed by atoms with E-state index in [1.54, 1.807) is 4.90 Å². The average Bonchev–Trinajstić information content (AvgIpc) is 2.75. The van der Waals surface area contributed by atoms with E-state index in [0.29, 0.717) is 31.3 Å². The van der Waals surface area contributed by atoms with Gasteiger partial charge >= 0.3 is 8.80 Å². The first-order valence-corrected chi connectivity index (χ1v) is 16.0. The molecule has 0 aliphatic carbocycles. The van der Waals surface area contributed by atoms with Crippen molar-refractivity contribution in [2.45, 2.75) is 130 Å². The molecule has 0 aromatic carbocycles. The van der Waals surface area contributed by atoms with E-state index >= 15 is 0 Å². The largest absolute Gasteiger partial charge is 1.00 e. The van der Waals surface area contributed by atoms with Crippen molar-refractivity contribution in [3.8, 4) is 0 Å². The highest BCUT2D eigenvalue weighted by Gasteiger charge is 2.51. The third-order valence-corrected chi connectivity index (χ3v) is 10.5. The average molecular weight is 510 g/mol. The minimum absolute atomic E-state index is 0. The lowest BCUT2D eigenvalue weighted by molar-refractivity contribution is -0.858. The molecule has 0 aromatic heterocycles. The number of nitrogens with one attached hydrogen (secondary N) is 1. The SMILES string of the molecule is CCCCCCCCCCCCC(CCC[NH+](C)C)C(CC)[Si](OCC)(OCC)OCC.[Cl-]. The third-order valence-electron chi connectivity index (χ3n) is 6.68. The summed E-state index contributed by atoms with van der Waals surface area (Å²) in [7, 11) is 1.85. The Morgan fingerprint density at radius 1 is 0.606 bits per heavy atom. The molecule has 0 radical (unpaired) electrons. The Kier molecular flexibility index (Phi) is 25.9. The highest BCUT2D eigenvalue weighted by molar-refractivity contribution is 6.62. The van der Waals surface area contributed by atoms with Crippen LogP contribution in [0.15, 0.2) is 0 Å².